The SMILES string of the molecule is Cc1c(-c2ccnc(-c3cc4occc4c4c3oc3ccccc34)c2)oc2ccccc12. The quantitative estimate of drug-likeness (QED) is 0.286. The van der Waals surface area contributed by atoms with Gasteiger partial charge in [-0.1, -0.05) is 36.4 Å². The summed E-state index contributed by atoms with van der Waals surface area (Å²) in [5.74, 6) is 0.856. The molecule has 7 rings (SSSR count). The Kier molecular flexibility index (Phi) is 3.45. The van der Waals surface area contributed by atoms with Crippen LogP contribution in [0.5, 0.6) is 0 Å². The fourth-order valence-electron chi connectivity index (χ4n) is 4.70. The van der Waals surface area contributed by atoms with Gasteiger partial charge in [-0.25, -0.2) is 0 Å². The number of fused-ring (bicyclic) bond motifs is 6. The van der Waals surface area contributed by atoms with Gasteiger partial charge in [0.2, 0.25) is 0 Å². The van der Waals surface area contributed by atoms with Crippen LogP contribution in [0.3, 0.4) is 0 Å². The van der Waals surface area contributed by atoms with Crippen LogP contribution in [0.2, 0.25) is 0 Å². The van der Waals surface area contributed by atoms with Gasteiger partial charge in [-0.3, -0.25) is 4.98 Å². The third-order valence-electron chi connectivity index (χ3n) is 6.22. The number of pyridine rings is 1. The number of nitrogens with zero attached hydrogens (tertiary/aromatic N) is 1. The zero-order chi connectivity index (χ0) is 21.2. The fraction of sp³-hybridized carbons (Fsp3) is 0.0357. The van der Waals surface area contributed by atoms with Crippen molar-refractivity contribution < 1.29 is 13.3 Å². The van der Waals surface area contributed by atoms with Crippen molar-refractivity contribution in [3.63, 3.8) is 0 Å². The summed E-state index contributed by atoms with van der Waals surface area (Å²) in [6.45, 7) is 2.09. The highest BCUT2D eigenvalue weighted by Gasteiger charge is 2.19. The van der Waals surface area contributed by atoms with Gasteiger partial charge >= 0.3 is 0 Å². The molecule has 4 nitrogen and oxygen atoms in total. The molecule has 0 bridgehead atoms. The molecular weight excluding hydrogens is 398 g/mol. The van der Waals surface area contributed by atoms with Gasteiger partial charge in [-0.2, -0.15) is 0 Å². The molecule has 3 aromatic carbocycles. The van der Waals surface area contributed by atoms with Gasteiger partial charge in [0.25, 0.3) is 0 Å². The largest absolute Gasteiger partial charge is 0.464 e. The van der Waals surface area contributed by atoms with Crippen LogP contribution in [-0.2, 0) is 0 Å². The Bertz CT molecular complexity index is 1800. The Labute approximate surface area is 182 Å². The van der Waals surface area contributed by atoms with E-state index in [0.717, 1.165) is 72.0 Å². The van der Waals surface area contributed by atoms with Crippen molar-refractivity contribution in [1.29, 1.82) is 0 Å². The van der Waals surface area contributed by atoms with Crippen molar-refractivity contribution in [2.75, 3.05) is 0 Å². The van der Waals surface area contributed by atoms with Crippen LogP contribution in [0.4, 0.5) is 0 Å². The van der Waals surface area contributed by atoms with E-state index in [9.17, 15) is 0 Å². The van der Waals surface area contributed by atoms with Crippen LogP contribution in [0.15, 0.2) is 98.5 Å². The Hall–Kier alpha value is -4.31. The number of aromatic nitrogens is 1. The van der Waals surface area contributed by atoms with Gasteiger partial charge in [0.1, 0.15) is 28.1 Å². The smallest absolute Gasteiger partial charge is 0.145 e. The summed E-state index contributed by atoms with van der Waals surface area (Å²) in [4.78, 5) is 4.69. The number of rotatable bonds is 2. The van der Waals surface area contributed by atoms with Gasteiger partial charge in [-0.15, -0.1) is 0 Å². The van der Waals surface area contributed by atoms with E-state index in [1.165, 1.54) is 0 Å². The fourth-order valence-corrected chi connectivity index (χ4v) is 4.70. The molecule has 4 heterocycles. The second-order valence-corrected chi connectivity index (χ2v) is 8.04. The minimum atomic E-state index is 0.810. The molecule has 0 aliphatic carbocycles. The molecule has 152 valence electrons. The number of hydrogen-bond acceptors (Lipinski definition) is 4. The normalized spacial score (nSPS) is 11.9. The third-order valence-corrected chi connectivity index (χ3v) is 6.22. The zero-order valence-electron chi connectivity index (χ0n) is 17.3. The van der Waals surface area contributed by atoms with Crippen molar-refractivity contribution in [2.24, 2.45) is 0 Å². The van der Waals surface area contributed by atoms with Crippen molar-refractivity contribution in [3.8, 4) is 22.6 Å². The highest BCUT2D eigenvalue weighted by Crippen LogP contribution is 2.41. The van der Waals surface area contributed by atoms with Gasteiger partial charge < -0.3 is 13.3 Å². The van der Waals surface area contributed by atoms with Gasteiger partial charge in [-0.05, 0) is 43.3 Å². The van der Waals surface area contributed by atoms with E-state index in [1.54, 1.807) is 6.26 Å². The minimum Gasteiger partial charge on any atom is -0.464 e. The van der Waals surface area contributed by atoms with E-state index in [0.29, 0.717) is 0 Å². The molecule has 0 unspecified atom stereocenters. The number of aryl methyl sites for hydroxylation is 1. The van der Waals surface area contributed by atoms with Crippen LogP contribution in [0, 0.1) is 6.92 Å². The maximum absolute atomic E-state index is 6.33. The molecule has 0 aliphatic heterocycles. The summed E-state index contributed by atoms with van der Waals surface area (Å²) in [7, 11) is 0. The molecule has 0 spiro atoms. The topological polar surface area (TPSA) is 52.3 Å². The van der Waals surface area contributed by atoms with Crippen LogP contribution in [-0.4, -0.2) is 4.98 Å². The van der Waals surface area contributed by atoms with Crippen LogP contribution in [0.25, 0.3) is 66.5 Å². The molecule has 0 fully saturated rings. The summed E-state index contributed by atoms with van der Waals surface area (Å²) in [6, 6.07) is 24.2. The van der Waals surface area contributed by atoms with E-state index < -0.39 is 0 Å². The Morgan fingerprint density at radius 2 is 1.47 bits per heavy atom. The molecule has 0 N–H and O–H groups in total. The molecule has 0 aliphatic rings. The number of para-hydroxylation sites is 2. The summed E-state index contributed by atoms with van der Waals surface area (Å²) in [5, 5.41) is 4.28. The number of benzene rings is 3. The van der Waals surface area contributed by atoms with E-state index in [-0.39, 0.29) is 0 Å². The minimum absolute atomic E-state index is 0.810. The third kappa shape index (κ3) is 2.35. The molecule has 4 heteroatoms. The Morgan fingerprint density at radius 1 is 0.719 bits per heavy atom. The first kappa shape index (κ1) is 17.4. The lowest BCUT2D eigenvalue weighted by molar-refractivity contribution is 0.615. The summed E-state index contributed by atoms with van der Waals surface area (Å²) < 4.78 is 18.3. The predicted molar refractivity (Wildman–Crippen MR) is 127 cm³/mol. The van der Waals surface area contributed by atoms with Crippen molar-refractivity contribution in [2.45, 2.75) is 6.92 Å². The lowest BCUT2D eigenvalue weighted by Crippen LogP contribution is -1.87. The molecule has 7 aromatic rings. The van der Waals surface area contributed by atoms with Gasteiger partial charge in [0, 0.05) is 44.4 Å². The van der Waals surface area contributed by atoms with E-state index in [2.05, 4.69) is 30.1 Å². The first-order chi connectivity index (χ1) is 15.8. The molecular formula is C28H17NO3. The lowest BCUT2D eigenvalue weighted by atomic mass is 10.0. The second kappa shape index (κ2) is 6.34. The average Bonchev–Trinajstić information content (AvgIpc) is 3.54. The van der Waals surface area contributed by atoms with Crippen LogP contribution in [0.1, 0.15) is 5.56 Å². The van der Waals surface area contributed by atoms with E-state index in [4.69, 9.17) is 13.3 Å². The first-order valence-corrected chi connectivity index (χ1v) is 10.5. The Morgan fingerprint density at radius 3 is 2.31 bits per heavy atom. The van der Waals surface area contributed by atoms with Crippen molar-refractivity contribution in [1.82, 2.24) is 4.98 Å². The predicted octanol–water partition coefficient (Wildman–Crippen LogP) is 8.12. The zero-order valence-corrected chi connectivity index (χ0v) is 17.3. The van der Waals surface area contributed by atoms with Crippen LogP contribution >= 0.6 is 0 Å². The Balaban J connectivity index is 1.51. The molecule has 0 radical (unpaired) electrons. The standard InChI is InChI=1S/C28H17NO3/c1-16-18-6-2-4-8-23(18)31-27(16)17-10-12-29-22(14-17)21-15-25-20(11-13-30-25)26-19-7-3-5-9-24(19)32-28(21)26/h2-15H,1H3. The number of hydrogen-bond donors (Lipinski definition) is 0. The highest BCUT2D eigenvalue weighted by molar-refractivity contribution is 6.21. The summed E-state index contributed by atoms with van der Waals surface area (Å²) in [5.41, 5.74) is 7.16. The molecule has 0 amide bonds. The molecule has 4 aromatic heterocycles. The van der Waals surface area contributed by atoms with Gasteiger partial charge in [0.05, 0.1) is 12.0 Å². The highest BCUT2D eigenvalue weighted by atomic mass is 16.3. The van der Waals surface area contributed by atoms with Crippen LogP contribution < -0.4 is 0 Å². The maximum atomic E-state index is 6.33. The summed E-state index contributed by atoms with van der Waals surface area (Å²) in [6.07, 6.45) is 3.54. The monoisotopic (exact) mass is 415 g/mol. The molecule has 0 atom stereocenters. The number of furan rings is 3. The van der Waals surface area contributed by atoms with Crippen molar-refractivity contribution >= 4 is 43.9 Å². The van der Waals surface area contributed by atoms with Crippen molar-refractivity contribution in [3.05, 3.63) is 90.8 Å². The molecule has 0 saturated carbocycles. The van der Waals surface area contributed by atoms with Gasteiger partial charge in [0.15, 0.2) is 0 Å². The summed E-state index contributed by atoms with van der Waals surface area (Å²) >= 11 is 0. The average molecular weight is 415 g/mol. The van der Waals surface area contributed by atoms with E-state index in [1.807, 2.05) is 60.8 Å². The maximum Gasteiger partial charge on any atom is 0.145 e. The lowest BCUT2D eigenvalue weighted by Gasteiger charge is -2.06. The second-order valence-electron chi connectivity index (χ2n) is 8.04. The molecule has 0 saturated heterocycles. The first-order valence-electron chi connectivity index (χ1n) is 10.5. The molecule has 32 heavy (non-hydrogen) atoms. The van der Waals surface area contributed by atoms with E-state index >= 15 is 0 Å².